The quantitative estimate of drug-likeness (QED) is 0.881. The molecule has 0 saturated carbocycles. The summed E-state index contributed by atoms with van der Waals surface area (Å²) in [6, 6.07) is 9.34. The van der Waals surface area contributed by atoms with Gasteiger partial charge in [0, 0.05) is 12.6 Å². The third kappa shape index (κ3) is 3.56. The van der Waals surface area contributed by atoms with E-state index in [1.807, 2.05) is 0 Å². The van der Waals surface area contributed by atoms with Crippen molar-refractivity contribution in [2.75, 3.05) is 13.2 Å². The standard InChI is InChI=1S/C16H25NO/c1-4-13-5-7-14(8-6-13)16-10-17-15(11-18-16)9-12(2)3/h5-8,12,15-17H,4,9-11H2,1-3H3. The molecule has 1 saturated heterocycles. The van der Waals surface area contributed by atoms with E-state index < -0.39 is 0 Å². The minimum Gasteiger partial charge on any atom is -0.371 e. The van der Waals surface area contributed by atoms with Crippen LogP contribution in [0.5, 0.6) is 0 Å². The van der Waals surface area contributed by atoms with Gasteiger partial charge in [0.05, 0.1) is 12.7 Å². The Morgan fingerprint density at radius 3 is 2.50 bits per heavy atom. The van der Waals surface area contributed by atoms with Crippen LogP contribution in [-0.2, 0) is 11.2 Å². The molecular weight excluding hydrogens is 222 g/mol. The minimum atomic E-state index is 0.222. The van der Waals surface area contributed by atoms with Crippen LogP contribution in [0.4, 0.5) is 0 Å². The van der Waals surface area contributed by atoms with Crippen LogP contribution in [0.15, 0.2) is 24.3 Å². The van der Waals surface area contributed by atoms with Crippen LogP contribution in [0.3, 0.4) is 0 Å². The molecule has 18 heavy (non-hydrogen) atoms. The van der Waals surface area contributed by atoms with E-state index in [1.165, 1.54) is 17.5 Å². The number of benzene rings is 1. The molecule has 1 aliphatic heterocycles. The molecule has 1 aromatic carbocycles. The lowest BCUT2D eigenvalue weighted by molar-refractivity contribution is -0.00131. The van der Waals surface area contributed by atoms with E-state index >= 15 is 0 Å². The average Bonchev–Trinajstić information content (AvgIpc) is 2.39. The van der Waals surface area contributed by atoms with Crippen molar-refractivity contribution in [1.82, 2.24) is 5.32 Å². The molecular formula is C16H25NO. The normalized spacial score (nSPS) is 24.4. The fraction of sp³-hybridized carbons (Fsp3) is 0.625. The number of nitrogens with one attached hydrogen (secondary N) is 1. The number of aryl methyl sites for hydroxylation is 1. The Labute approximate surface area is 111 Å². The second-order valence-corrected chi connectivity index (χ2v) is 5.65. The Bertz CT molecular complexity index is 350. The molecule has 0 amide bonds. The largest absolute Gasteiger partial charge is 0.371 e. The number of ether oxygens (including phenoxy) is 1. The molecule has 1 N–H and O–H groups in total. The van der Waals surface area contributed by atoms with E-state index in [1.54, 1.807) is 0 Å². The molecule has 1 fully saturated rings. The second-order valence-electron chi connectivity index (χ2n) is 5.65. The van der Waals surface area contributed by atoms with Gasteiger partial charge in [-0.2, -0.15) is 0 Å². The lowest BCUT2D eigenvalue weighted by Gasteiger charge is -2.31. The van der Waals surface area contributed by atoms with E-state index in [-0.39, 0.29) is 6.10 Å². The zero-order valence-electron chi connectivity index (χ0n) is 11.8. The van der Waals surface area contributed by atoms with Gasteiger partial charge in [-0.3, -0.25) is 0 Å². The van der Waals surface area contributed by atoms with Gasteiger partial charge >= 0.3 is 0 Å². The van der Waals surface area contributed by atoms with Crippen molar-refractivity contribution >= 4 is 0 Å². The van der Waals surface area contributed by atoms with Crippen molar-refractivity contribution < 1.29 is 4.74 Å². The number of hydrogen-bond donors (Lipinski definition) is 1. The molecule has 0 aliphatic carbocycles. The molecule has 0 aromatic heterocycles. The summed E-state index contributed by atoms with van der Waals surface area (Å²) in [4.78, 5) is 0. The summed E-state index contributed by atoms with van der Waals surface area (Å²) in [5.41, 5.74) is 2.68. The molecule has 0 bridgehead atoms. The van der Waals surface area contributed by atoms with Gasteiger partial charge < -0.3 is 10.1 Å². The van der Waals surface area contributed by atoms with Crippen molar-refractivity contribution in [2.24, 2.45) is 5.92 Å². The third-order valence-electron chi connectivity index (χ3n) is 3.61. The van der Waals surface area contributed by atoms with Gasteiger partial charge in [-0.1, -0.05) is 45.0 Å². The first-order valence-corrected chi connectivity index (χ1v) is 7.13. The van der Waals surface area contributed by atoms with Crippen LogP contribution >= 0.6 is 0 Å². The van der Waals surface area contributed by atoms with Crippen molar-refractivity contribution in [2.45, 2.75) is 45.8 Å². The van der Waals surface area contributed by atoms with Gasteiger partial charge in [-0.25, -0.2) is 0 Å². The van der Waals surface area contributed by atoms with Crippen molar-refractivity contribution in [3.8, 4) is 0 Å². The molecule has 0 radical (unpaired) electrons. The summed E-state index contributed by atoms with van der Waals surface area (Å²) >= 11 is 0. The summed E-state index contributed by atoms with van der Waals surface area (Å²) in [6.45, 7) is 8.47. The van der Waals surface area contributed by atoms with Gasteiger partial charge in [0.2, 0.25) is 0 Å². The Hall–Kier alpha value is -0.860. The molecule has 2 heteroatoms. The van der Waals surface area contributed by atoms with Gasteiger partial charge in [0.1, 0.15) is 0 Å². The maximum Gasteiger partial charge on any atom is 0.0950 e. The maximum absolute atomic E-state index is 5.99. The minimum absolute atomic E-state index is 0.222. The summed E-state index contributed by atoms with van der Waals surface area (Å²) in [5.74, 6) is 0.728. The zero-order chi connectivity index (χ0) is 13.0. The van der Waals surface area contributed by atoms with E-state index in [0.29, 0.717) is 6.04 Å². The van der Waals surface area contributed by atoms with Crippen molar-refractivity contribution in [3.05, 3.63) is 35.4 Å². The topological polar surface area (TPSA) is 21.3 Å². The summed E-state index contributed by atoms with van der Waals surface area (Å²) in [7, 11) is 0. The molecule has 1 heterocycles. The first-order valence-electron chi connectivity index (χ1n) is 7.13. The Kier molecular flexibility index (Phi) is 4.79. The molecule has 2 nitrogen and oxygen atoms in total. The van der Waals surface area contributed by atoms with Crippen LogP contribution in [0.2, 0.25) is 0 Å². The summed E-state index contributed by atoms with van der Waals surface area (Å²) in [6.07, 6.45) is 2.52. The number of morpholine rings is 1. The lowest BCUT2D eigenvalue weighted by atomic mass is 10.0. The first-order chi connectivity index (χ1) is 8.69. The molecule has 2 rings (SSSR count). The van der Waals surface area contributed by atoms with E-state index in [9.17, 15) is 0 Å². The number of rotatable bonds is 4. The molecule has 0 spiro atoms. The van der Waals surface area contributed by atoms with Gasteiger partial charge in [0.25, 0.3) is 0 Å². The predicted molar refractivity (Wildman–Crippen MR) is 75.8 cm³/mol. The molecule has 1 aliphatic rings. The highest BCUT2D eigenvalue weighted by Crippen LogP contribution is 2.22. The monoisotopic (exact) mass is 247 g/mol. The fourth-order valence-corrected chi connectivity index (χ4v) is 2.53. The zero-order valence-corrected chi connectivity index (χ0v) is 11.8. The molecule has 2 atom stereocenters. The van der Waals surface area contributed by atoms with Crippen molar-refractivity contribution in [1.29, 1.82) is 0 Å². The SMILES string of the molecule is CCc1ccc(C2CNC(CC(C)C)CO2)cc1. The van der Waals surface area contributed by atoms with Gasteiger partial charge in [0.15, 0.2) is 0 Å². The Balaban J connectivity index is 1.88. The van der Waals surface area contributed by atoms with Gasteiger partial charge in [-0.05, 0) is 29.9 Å². The average molecular weight is 247 g/mol. The number of hydrogen-bond acceptors (Lipinski definition) is 2. The van der Waals surface area contributed by atoms with Crippen LogP contribution in [0.1, 0.15) is 44.4 Å². The van der Waals surface area contributed by atoms with Gasteiger partial charge in [-0.15, -0.1) is 0 Å². The smallest absolute Gasteiger partial charge is 0.0950 e. The fourth-order valence-electron chi connectivity index (χ4n) is 2.53. The van der Waals surface area contributed by atoms with Crippen LogP contribution in [0.25, 0.3) is 0 Å². The third-order valence-corrected chi connectivity index (χ3v) is 3.61. The van der Waals surface area contributed by atoms with E-state index in [4.69, 9.17) is 4.74 Å². The van der Waals surface area contributed by atoms with E-state index in [0.717, 1.165) is 25.5 Å². The molecule has 100 valence electrons. The highest BCUT2D eigenvalue weighted by atomic mass is 16.5. The van der Waals surface area contributed by atoms with Crippen molar-refractivity contribution in [3.63, 3.8) is 0 Å². The highest BCUT2D eigenvalue weighted by molar-refractivity contribution is 5.24. The van der Waals surface area contributed by atoms with Crippen LogP contribution < -0.4 is 5.32 Å². The molecule has 1 aromatic rings. The molecule has 2 unspecified atom stereocenters. The first kappa shape index (κ1) is 13.6. The summed E-state index contributed by atoms with van der Waals surface area (Å²) in [5, 5.41) is 3.60. The van der Waals surface area contributed by atoms with Crippen LogP contribution in [-0.4, -0.2) is 19.2 Å². The second kappa shape index (κ2) is 6.35. The lowest BCUT2D eigenvalue weighted by Crippen LogP contribution is -2.43. The maximum atomic E-state index is 5.99. The highest BCUT2D eigenvalue weighted by Gasteiger charge is 2.22. The van der Waals surface area contributed by atoms with E-state index in [2.05, 4.69) is 50.4 Å². The Morgan fingerprint density at radius 1 is 1.28 bits per heavy atom. The summed E-state index contributed by atoms with van der Waals surface area (Å²) < 4.78 is 5.99. The van der Waals surface area contributed by atoms with Crippen LogP contribution in [0, 0.1) is 5.92 Å². The predicted octanol–water partition coefficient (Wildman–Crippen LogP) is 3.32. The Morgan fingerprint density at radius 2 is 2.00 bits per heavy atom.